The minimum absolute atomic E-state index is 0.0215. The minimum Gasteiger partial charge on any atom is -0.461 e. The maximum Gasteiger partial charge on any atom is 0.210 e. The molecule has 98 valence electrons. The molecule has 1 heterocycles. The molecule has 0 N–H and O–H groups in total. The molecule has 0 amide bonds. The third kappa shape index (κ3) is 2.54. The van der Waals surface area contributed by atoms with Gasteiger partial charge in [-0.05, 0) is 54.7 Å². The number of carbonyl (C=O) groups is 1. The zero-order valence-electron chi connectivity index (χ0n) is 10.4. The first-order valence-electron chi connectivity index (χ1n) is 6.31. The predicted molar refractivity (Wildman–Crippen MR) is 72.8 cm³/mol. The van der Waals surface area contributed by atoms with Gasteiger partial charge in [0.05, 0.1) is 22.8 Å². The second-order valence-corrected chi connectivity index (χ2v) is 6.13. The van der Waals surface area contributed by atoms with E-state index in [0.29, 0.717) is 0 Å². The highest BCUT2D eigenvalue weighted by Gasteiger charge is 2.17. The van der Waals surface area contributed by atoms with Crippen LogP contribution in [0.15, 0.2) is 45.9 Å². The first-order chi connectivity index (χ1) is 9.24. The van der Waals surface area contributed by atoms with Crippen LogP contribution in [0.25, 0.3) is 0 Å². The maximum atomic E-state index is 12.2. The summed E-state index contributed by atoms with van der Waals surface area (Å²) in [7, 11) is -1.30. The molecule has 0 spiro atoms. The Hall–Kier alpha value is -1.68. The molecule has 1 aromatic carbocycles. The summed E-state index contributed by atoms with van der Waals surface area (Å²) in [5.74, 6) is 0.0325. The van der Waals surface area contributed by atoms with Gasteiger partial charge in [-0.3, -0.25) is 9.00 Å². The van der Waals surface area contributed by atoms with Crippen LogP contribution in [0.2, 0.25) is 0 Å². The lowest BCUT2D eigenvalue weighted by Gasteiger charge is -2.04. The number of hydrogen-bond donors (Lipinski definition) is 0. The van der Waals surface area contributed by atoms with E-state index in [9.17, 15) is 9.00 Å². The lowest BCUT2D eigenvalue weighted by molar-refractivity contribution is 0.0991. The van der Waals surface area contributed by atoms with Crippen molar-refractivity contribution in [3.63, 3.8) is 0 Å². The molecule has 4 heteroatoms. The Morgan fingerprint density at radius 1 is 1.21 bits per heavy atom. The van der Waals surface area contributed by atoms with Gasteiger partial charge in [0.2, 0.25) is 5.78 Å². The van der Waals surface area contributed by atoms with E-state index in [1.54, 1.807) is 12.1 Å². The lowest BCUT2D eigenvalue weighted by Crippen LogP contribution is -2.10. The van der Waals surface area contributed by atoms with Crippen LogP contribution in [-0.4, -0.2) is 15.7 Å². The van der Waals surface area contributed by atoms with E-state index in [1.807, 2.05) is 18.2 Å². The van der Waals surface area contributed by atoms with Crippen LogP contribution in [-0.2, 0) is 23.6 Å². The standard InChI is InChI=1S/C15H14O3S/c16-14(15-5-2-8-18-15)10-19(17)13-7-6-11-3-1-4-12(11)9-13/h2,5-9H,1,3-4,10H2. The Morgan fingerprint density at radius 2 is 2.05 bits per heavy atom. The molecule has 0 bridgehead atoms. The third-order valence-corrected chi connectivity index (χ3v) is 4.70. The van der Waals surface area contributed by atoms with E-state index >= 15 is 0 Å². The molecule has 1 unspecified atom stereocenters. The van der Waals surface area contributed by atoms with Crippen molar-refractivity contribution in [1.82, 2.24) is 0 Å². The molecule has 2 aromatic rings. The van der Waals surface area contributed by atoms with Crippen LogP contribution in [0.1, 0.15) is 28.1 Å². The van der Waals surface area contributed by atoms with Crippen molar-refractivity contribution in [2.45, 2.75) is 24.2 Å². The van der Waals surface area contributed by atoms with Crippen molar-refractivity contribution in [1.29, 1.82) is 0 Å². The Morgan fingerprint density at radius 3 is 2.84 bits per heavy atom. The molecule has 3 nitrogen and oxygen atoms in total. The van der Waals surface area contributed by atoms with Gasteiger partial charge in [0.15, 0.2) is 5.76 Å². The molecular weight excluding hydrogens is 260 g/mol. The minimum atomic E-state index is -1.30. The van der Waals surface area contributed by atoms with Crippen molar-refractivity contribution >= 4 is 16.6 Å². The number of hydrogen-bond acceptors (Lipinski definition) is 3. The number of ketones is 1. The largest absolute Gasteiger partial charge is 0.461 e. The fraction of sp³-hybridized carbons (Fsp3) is 0.267. The Balaban J connectivity index is 1.76. The van der Waals surface area contributed by atoms with E-state index in [2.05, 4.69) is 0 Å². The normalized spacial score (nSPS) is 15.2. The average Bonchev–Trinajstić information content (AvgIpc) is 3.09. The molecular formula is C15H14O3S. The van der Waals surface area contributed by atoms with Crippen molar-refractivity contribution < 1.29 is 13.4 Å². The van der Waals surface area contributed by atoms with Gasteiger partial charge < -0.3 is 4.42 Å². The molecule has 1 aliphatic carbocycles. The summed E-state index contributed by atoms with van der Waals surface area (Å²) in [5, 5.41) is 0. The van der Waals surface area contributed by atoms with Gasteiger partial charge in [-0.25, -0.2) is 0 Å². The number of aryl methyl sites for hydroxylation is 2. The van der Waals surface area contributed by atoms with Crippen molar-refractivity contribution in [2.75, 3.05) is 5.75 Å². The summed E-state index contributed by atoms with van der Waals surface area (Å²) in [5.41, 5.74) is 2.62. The van der Waals surface area contributed by atoms with E-state index in [1.165, 1.54) is 17.4 Å². The zero-order chi connectivity index (χ0) is 13.2. The Kier molecular flexibility index (Phi) is 3.34. The first-order valence-corrected chi connectivity index (χ1v) is 7.63. The molecule has 1 atom stereocenters. The summed E-state index contributed by atoms with van der Waals surface area (Å²) in [6, 6.07) is 9.14. The van der Waals surface area contributed by atoms with Crippen LogP contribution < -0.4 is 0 Å². The number of Topliss-reactive ketones (excluding diaryl/α,β-unsaturated/α-hetero) is 1. The zero-order valence-corrected chi connectivity index (χ0v) is 11.2. The second-order valence-electron chi connectivity index (χ2n) is 4.67. The van der Waals surface area contributed by atoms with Crippen molar-refractivity contribution in [3.8, 4) is 0 Å². The van der Waals surface area contributed by atoms with Gasteiger partial charge in [0.25, 0.3) is 0 Å². The Bertz CT molecular complexity index is 629. The van der Waals surface area contributed by atoms with Gasteiger partial charge in [0, 0.05) is 4.90 Å². The van der Waals surface area contributed by atoms with Crippen LogP contribution >= 0.6 is 0 Å². The Labute approximate surface area is 114 Å². The predicted octanol–water partition coefficient (Wildman–Crippen LogP) is 2.76. The van der Waals surface area contributed by atoms with Crippen molar-refractivity contribution in [3.05, 3.63) is 53.5 Å². The van der Waals surface area contributed by atoms with Gasteiger partial charge in [-0.1, -0.05) is 6.07 Å². The third-order valence-electron chi connectivity index (χ3n) is 3.39. The summed E-state index contributed by atoms with van der Waals surface area (Å²) in [4.78, 5) is 12.6. The molecule has 0 radical (unpaired) electrons. The summed E-state index contributed by atoms with van der Waals surface area (Å²) >= 11 is 0. The van der Waals surface area contributed by atoms with Gasteiger partial charge in [0.1, 0.15) is 0 Å². The molecule has 19 heavy (non-hydrogen) atoms. The molecule has 0 fully saturated rings. The summed E-state index contributed by atoms with van der Waals surface area (Å²) < 4.78 is 17.2. The van der Waals surface area contributed by atoms with E-state index in [-0.39, 0.29) is 17.3 Å². The average molecular weight is 274 g/mol. The van der Waals surface area contributed by atoms with E-state index in [0.717, 1.165) is 24.2 Å². The highest BCUT2D eigenvalue weighted by atomic mass is 32.2. The summed E-state index contributed by atoms with van der Waals surface area (Å²) in [6.07, 6.45) is 4.77. The van der Waals surface area contributed by atoms with Gasteiger partial charge in [-0.15, -0.1) is 0 Å². The number of carbonyl (C=O) groups excluding carboxylic acids is 1. The SMILES string of the molecule is O=C(CS(=O)c1ccc2c(c1)CCC2)c1ccco1. The second kappa shape index (κ2) is 5.13. The molecule has 1 aromatic heterocycles. The van der Waals surface area contributed by atoms with Crippen LogP contribution in [0.3, 0.4) is 0 Å². The van der Waals surface area contributed by atoms with Crippen LogP contribution in [0.4, 0.5) is 0 Å². The number of fused-ring (bicyclic) bond motifs is 1. The molecule has 1 aliphatic rings. The molecule has 3 rings (SSSR count). The molecule has 0 saturated carbocycles. The summed E-state index contributed by atoms with van der Waals surface area (Å²) in [6.45, 7) is 0. The highest BCUT2D eigenvalue weighted by Crippen LogP contribution is 2.24. The van der Waals surface area contributed by atoms with E-state index < -0.39 is 10.8 Å². The van der Waals surface area contributed by atoms with Gasteiger partial charge in [-0.2, -0.15) is 0 Å². The topological polar surface area (TPSA) is 47.3 Å². The lowest BCUT2D eigenvalue weighted by atomic mass is 10.1. The number of benzene rings is 1. The fourth-order valence-corrected chi connectivity index (χ4v) is 3.44. The van der Waals surface area contributed by atoms with Gasteiger partial charge >= 0.3 is 0 Å². The first kappa shape index (κ1) is 12.4. The number of rotatable bonds is 4. The van der Waals surface area contributed by atoms with Crippen LogP contribution in [0, 0.1) is 0 Å². The van der Waals surface area contributed by atoms with Crippen molar-refractivity contribution in [2.24, 2.45) is 0 Å². The number of furan rings is 1. The maximum absolute atomic E-state index is 12.2. The van der Waals surface area contributed by atoms with Crippen LogP contribution in [0.5, 0.6) is 0 Å². The molecule has 0 saturated heterocycles. The quantitative estimate of drug-likeness (QED) is 0.805. The molecule has 0 aliphatic heterocycles. The smallest absolute Gasteiger partial charge is 0.210 e. The fourth-order valence-electron chi connectivity index (χ4n) is 2.40. The van der Waals surface area contributed by atoms with E-state index in [4.69, 9.17) is 4.42 Å². The highest BCUT2D eigenvalue weighted by molar-refractivity contribution is 7.85. The monoisotopic (exact) mass is 274 g/mol.